The van der Waals surface area contributed by atoms with Gasteiger partial charge in [0.15, 0.2) is 5.69 Å². The fourth-order valence-corrected chi connectivity index (χ4v) is 4.32. The molecule has 0 aliphatic rings. The van der Waals surface area contributed by atoms with Gasteiger partial charge in [-0.15, -0.1) is 0 Å². The van der Waals surface area contributed by atoms with Gasteiger partial charge in [-0.2, -0.15) is 10.4 Å². The maximum atomic E-state index is 13.3. The first-order valence-corrected chi connectivity index (χ1v) is 11.4. The fraction of sp³-hybridized carbons (Fsp3) is 0.280. The molecule has 3 heterocycles. The highest BCUT2D eigenvalue weighted by Gasteiger charge is 2.31. The summed E-state index contributed by atoms with van der Waals surface area (Å²) >= 11 is 0. The van der Waals surface area contributed by atoms with Gasteiger partial charge in [0.25, 0.3) is 11.5 Å². The molecule has 0 aliphatic heterocycles. The molecule has 2 atom stereocenters. The number of aromatic nitrogens is 5. The van der Waals surface area contributed by atoms with E-state index in [4.69, 9.17) is 9.26 Å². The zero-order chi connectivity index (χ0) is 26.5. The monoisotopic (exact) mass is 503 g/mol. The zero-order valence-corrected chi connectivity index (χ0v) is 20.5. The number of aliphatic hydroxyl groups excluding tert-OH is 1. The van der Waals surface area contributed by atoms with E-state index in [1.165, 1.54) is 24.1 Å². The Morgan fingerprint density at radius 2 is 2.11 bits per heavy atom. The van der Waals surface area contributed by atoms with Crippen LogP contribution in [-0.4, -0.2) is 49.2 Å². The number of hydrogen-bond acceptors (Lipinski definition) is 9. The number of nitriles is 1. The summed E-state index contributed by atoms with van der Waals surface area (Å²) < 4.78 is 12.9. The summed E-state index contributed by atoms with van der Waals surface area (Å²) in [5.41, 5.74) is 1.47. The van der Waals surface area contributed by atoms with Gasteiger partial charge < -0.3 is 19.7 Å². The van der Waals surface area contributed by atoms with Gasteiger partial charge >= 0.3 is 0 Å². The van der Waals surface area contributed by atoms with Crippen molar-refractivity contribution in [2.75, 3.05) is 19.0 Å². The smallest absolute Gasteiger partial charge is 0.296 e. The van der Waals surface area contributed by atoms with Gasteiger partial charge in [0.2, 0.25) is 5.75 Å². The maximum Gasteiger partial charge on any atom is 0.296 e. The van der Waals surface area contributed by atoms with Crippen molar-refractivity contribution in [3.05, 3.63) is 87.7 Å². The van der Waals surface area contributed by atoms with Gasteiger partial charge in [-0.25, -0.2) is 4.98 Å². The van der Waals surface area contributed by atoms with Gasteiger partial charge in [-0.3, -0.25) is 18.8 Å². The predicted molar refractivity (Wildman–Crippen MR) is 131 cm³/mol. The highest BCUT2D eigenvalue weighted by molar-refractivity contribution is 6.04. The van der Waals surface area contributed by atoms with Crippen molar-refractivity contribution >= 4 is 11.6 Å². The first-order valence-electron chi connectivity index (χ1n) is 11.4. The van der Waals surface area contributed by atoms with E-state index in [2.05, 4.69) is 26.6 Å². The minimum Gasteiger partial charge on any atom is -0.489 e. The van der Waals surface area contributed by atoms with Crippen LogP contribution >= 0.6 is 0 Å². The van der Waals surface area contributed by atoms with Crippen LogP contribution in [0.15, 0.2) is 58.4 Å². The molecule has 0 spiro atoms. The van der Waals surface area contributed by atoms with E-state index in [1.807, 2.05) is 19.1 Å². The van der Waals surface area contributed by atoms with Gasteiger partial charge in [-0.1, -0.05) is 30.3 Å². The quantitative estimate of drug-likeness (QED) is 0.348. The number of benzene rings is 1. The average Bonchev–Trinajstić information content (AvgIpc) is 3.58. The summed E-state index contributed by atoms with van der Waals surface area (Å²) in [6.45, 7) is 2.07. The Bertz CT molecular complexity index is 1500. The van der Waals surface area contributed by atoms with Crippen molar-refractivity contribution in [3.63, 3.8) is 0 Å². The van der Waals surface area contributed by atoms with Gasteiger partial charge in [0, 0.05) is 25.1 Å². The number of nitrogens with zero attached hydrogens (tertiary/aromatic N) is 6. The highest BCUT2D eigenvalue weighted by Crippen LogP contribution is 2.39. The van der Waals surface area contributed by atoms with Crippen LogP contribution in [0.3, 0.4) is 0 Å². The Kier molecular flexibility index (Phi) is 7.45. The molecule has 190 valence electrons. The number of amides is 1. The first-order chi connectivity index (χ1) is 17.9. The number of carbonyl (C=O) groups excluding carboxylic acids is 1. The first kappa shape index (κ1) is 25.3. The molecule has 1 aromatic carbocycles. The summed E-state index contributed by atoms with van der Waals surface area (Å²) in [5, 5.41) is 29.6. The van der Waals surface area contributed by atoms with Crippen LogP contribution in [0.5, 0.6) is 5.75 Å². The van der Waals surface area contributed by atoms with Crippen molar-refractivity contribution in [2.45, 2.75) is 25.3 Å². The van der Waals surface area contributed by atoms with Gasteiger partial charge in [0.05, 0.1) is 44.3 Å². The van der Waals surface area contributed by atoms with E-state index in [1.54, 1.807) is 36.3 Å². The molecule has 3 aromatic heterocycles. The van der Waals surface area contributed by atoms with Gasteiger partial charge in [-0.05, 0) is 17.2 Å². The topological polar surface area (TPSA) is 161 Å². The predicted octanol–water partition coefficient (Wildman–Crippen LogP) is 2.03. The summed E-state index contributed by atoms with van der Waals surface area (Å²) in [6, 6.07) is 9.38. The SMILES string of the molecule is COc1c(C(=O)Nc2cnoc2)nc(C(C)C(c2cnn(CCO)c2)c2ccccc2C#N)n(C)c1=O. The minimum absolute atomic E-state index is 0.0880. The number of aliphatic hydroxyl groups is 1. The third kappa shape index (κ3) is 4.98. The second-order valence-corrected chi connectivity index (χ2v) is 8.31. The minimum atomic E-state index is -0.670. The molecule has 1 amide bonds. The molecule has 4 rings (SSSR count). The molecule has 2 N–H and O–H groups in total. The summed E-state index contributed by atoms with van der Waals surface area (Å²) in [5.74, 6) is -1.53. The molecule has 12 heteroatoms. The molecule has 4 aromatic rings. The second-order valence-electron chi connectivity index (χ2n) is 8.31. The number of anilines is 1. The van der Waals surface area contributed by atoms with Crippen molar-refractivity contribution in [1.82, 2.24) is 24.5 Å². The van der Waals surface area contributed by atoms with E-state index >= 15 is 0 Å². The largest absolute Gasteiger partial charge is 0.489 e. The lowest BCUT2D eigenvalue weighted by molar-refractivity contribution is 0.101. The highest BCUT2D eigenvalue weighted by atomic mass is 16.5. The van der Waals surface area contributed by atoms with Crippen molar-refractivity contribution < 1.29 is 19.2 Å². The molecule has 12 nitrogen and oxygen atoms in total. The summed E-state index contributed by atoms with van der Waals surface area (Å²) in [7, 11) is 2.84. The second kappa shape index (κ2) is 10.9. The lowest BCUT2D eigenvalue weighted by atomic mass is 9.80. The molecular weight excluding hydrogens is 478 g/mol. The number of hydrogen-bond donors (Lipinski definition) is 2. The zero-order valence-electron chi connectivity index (χ0n) is 20.5. The van der Waals surface area contributed by atoms with Crippen LogP contribution in [0.1, 0.15) is 51.8 Å². The van der Waals surface area contributed by atoms with Gasteiger partial charge in [0.1, 0.15) is 17.8 Å². The molecule has 2 unspecified atom stereocenters. The number of nitrogens with one attached hydrogen (secondary N) is 1. The average molecular weight is 504 g/mol. The molecule has 0 bridgehead atoms. The van der Waals surface area contributed by atoms with E-state index in [0.29, 0.717) is 29.2 Å². The molecule has 0 aliphatic carbocycles. The number of rotatable bonds is 9. The molecule has 0 saturated heterocycles. The lowest BCUT2D eigenvalue weighted by Crippen LogP contribution is -2.31. The summed E-state index contributed by atoms with van der Waals surface area (Å²) in [6.07, 6.45) is 6.00. The number of ether oxygens (including phenoxy) is 1. The van der Waals surface area contributed by atoms with Crippen molar-refractivity contribution in [2.24, 2.45) is 7.05 Å². The molecular formula is C25H25N7O5. The maximum absolute atomic E-state index is 13.3. The third-order valence-electron chi connectivity index (χ3n) is 6.06. The van der Waals surface area contributed by atoms with Crippen LogP contribution in [0.25, 0.3) is 0 Å². The molecule has 37 heavy (non-hydrogen) atoms. The molecule has 0 saturated carbocycles. The van der Waals surface area contributed by atoms with E-state index in [9.17, 15) is 20.0 Å². The Hall–Kier alpha value is -4.76. The van der Waals surface area contributed by atoms with Crippen molar-refractivity contribution in [1.29, 1.82) is 5.26 Å². The Balaban J connectivity index is 1.87. The van der Waals surface area contributed by atoms with E-state index in [-0.39, 0.29) is 18.1 Å². The third-order valence-corrected chi connectivity index (χ3v) is 6.06. The molecule has 0 radical (unpaired) electrons. The van der Waals surface area contributed by atoms with Crippen LogP contribution in [0.2, 0.25) is 0 Å². The summed E-state index contributed by atoms with van der Waals surface area (Å²) in [4.78, 5) is 30.9. The van der Waals surface area contributed by atoms with Crippen LogP contribution in [0.4, 0.5) is 5.69 Å². The van der Waals surface area contributed by atoms with Crippen LogP contribution < -0.4 is 15.6 Å². The Morgan fingerprint density at radius 1 is 1.32 bits per heavy atom. The molecule has 0 fully saturated rings. The van der Waals surface area contributed by atoms with Crippen LogP contribution in [-0.2, 0) is 13.6 Å². The lowest BCUT2D eigenvalue weighted by Gasteiger charge is -2.26. The Morgan fingerprint density at radius 3 is 2.78 bits per heavy atom. The van der Waals surface area contributed by atoms with Crippen LogP contribution in [0, 0.1) is 11.3 Å². The Labute approximate surface area is 211 Å². The normalized spacial score (nSPS) is 12.5. The number of methoxy groups -OCH3 is 1. The number of carbonyl (C=O) groups is 1. The fourth-order valence-electron chi connectivity index (χ4n) is 4.32. The standard InChI is InChI=1S/C25H25N7O5/c1-15(20(17-11-27-32(13-17)8-9-33)19-7-5-4-6-16(19)10-26)23-30-21(22(36-3)25(35)31(23)2)24(34)29-18-12-28-37-14-18/h4-7,11-15,20,33H,8-9H2,1-3H3,(H,29,34). The van der Waals surface area contributed by atoms with E-state index < -0.39 is 23.3 Å². The van der Waals surface area contributed by atoms with E-state index in [0.717, 1.165) is 5.56 Å². The van der Waals surface area contributed by atoms with Crippen molar-refractivity contribution in [3.8, 4) is 11.8 Å².